The molecule has 1 N–H and O–H groups in total. The van der Waals surface area contributed by atoms with E-state index in [1.165, 1.54) is 22.3 Å². The summed E-state index contributed by atoms with van der Waals surface area (Å²) in [5.41, 5.74) is 12.4. The Morgan fingerprint density at radius 1 is 0.811 bits per heavy atom. The summed E-state index contributed by atoms with van der Waals surface area (Å²) in [7, 11) is 1.77. The Hall–Kier alpha value is -1.01. The summed E-state index contributed by atoms with van der Waals surface area (Å²) < 4.78 is 11.9. The molecule has 0 heterocycles. The van der Waals surface area contributed by atoms with Crippen molar-refractivity contribution in [3.63, 3.8) is 0 Å². The zero-order valence-corrected chi connectivity index (χ0v) is 28.6. The van der Waals surface area contributed by atoms with Crippen LogP contribution in [0.25, 0.3) is 5.73 Å². The fraction of sp³-hybridized carbons (Fsp3) is 0.438. The molecule has 194 valence electrons. The molecule has 0 saturated heterocycles. The molecule has 0 amide bonds. The largest absolute Gasteiger partial charge is 1.00 e. The van der Waals surface area contributed by atoms with Crippen LogP contribution in [-0.4, -0.2) is 43.8 Å². The molecule has 0 fully saturated rings. The van der Waals surface area contributed by atoms with Gasteiger partial charge in [-0.1, -0.05) is 54.6 Å². The molecule has 3 aromatic rings. The topological polar surface area (TPSA) is 45.5 Å². The van der Waals surface area contributed by atoms with Gasteiger partial charge in [-0.05, 0) is 82.0 Å². The molecule has 4 nitrogen and oxygen atoms in total. The van der Waals surface area contributed by atoms with Crippen LogP contribution in [0.2, 0.25) is 0 Å². The van der Waals surface area contributed by atoms with Crippen molar-refractivity contribution in [1.29, 1.82) is 0 Å². The maximum atomic E-state index is 7.37. The number of hydrogen-bond acceptors (Lipinski definition) is 3. The van der Waals surface area contributed by atoms with Crippen molar-refractivity contribution >= 4 is 0 Å². The third kappa shape index (κ3) is 9.91. The molecule has 0 aliphatic rings. The Morgan fingerprint density at radius 2 is 1.46 bits per heavy atom. The van der Waals surface area contributed by atoms with E-state index in [-0.39, 0.29) is 64.1 Å². The van der Waals surface area contributed by atoms with Gasteiger partial charge < -0.3 is 15.2 Å². The SMILES string of the molecule is COc1ccc(CCOc2ccc(CC[NH-])cc2)cc1[C@H](CCN(C(C)C)C(C)C)c1ccccc1.[Rb+]. The van der Waals surface area contributed by atoms with Crippen molar-refractivity contribution in [2.24, 2.45) is 0 Å². The van der Waals surface area contributed by atoms with E-state index >= 15 is 0 Å². The van der Waals surface area contributed by atoms with Crippen molar-refractivity contribution in [2.45, 2.75) is 65.0 Å². The predicted molar refractivity (Wildman–Crippen MR) is 151 cm³/mol. The van der Waals surface area contributed by atoms with Crippen LogP contribution in [-0.2, 0) is 12.8 Å². The average molecular weight is 573 g/mol. The van der Waals surface area contributed by atoms with Gasteiger partial charge in [0, 0.05) is 30.0 Å². The van der Waals surface area contributed by atoms with Crippen LogP contribution in [0.1, 0.15) is 62.3 Å². The van der Waals surface area contributed by atoms with E-state index in [0.29, 0.717) is 25.2 Å². The third-order valence-electron chi connectivity index (χ3n) is 6.87. The number of rotatable bonds is 14. The van der Waals surface area contributed by atoms with Crippen LogP contribution >= 0.6 is 0 Å². The van der Waals surface area contributed by atoms with Crippen LogP contribution in [0.4, 0.5) is 0 Å². The van der Waals surface area contributed by atoms with Crippen LogP contribution in [0.3, 0.4) is 0 Å². The van der Waals surface area contributed by atoms with E-state index in [9.17, 15) is 0 Å². The molecule has 0 spiro atoms. The minimum atomic E-state index is 0. The summed E-state index contributed by atoms with van der Waals surface area (Å²) >= 11 is 0. The molecule has 0 aromatic heterocycles. The van der Waals surface area contributed by atoms with Crippen LogP contribution in [0, 0.1) is 0 Å². The summed E-state index contributed by atoms with van der Waals surface area (Å²) in [6.07, 6.45) is 2.64. The molecule has 3 aromatic carbocycles. The second-order valence-electron chi connectivity index (χ2n) is 10.00. The third-order valence-corrected chi connectivity index (χ3v) is 6.87. The molecule has 5 heteroatoms. The van der Waals surface area contributed by atoms with Gasteiger partial charge in [0.1, 0.15) is 11.5 Å². The van der Waals surface area contributed by atoms with Gasteiger partial charge in [0.05, 0.1) is 13.7 Å². The number of hydrogen-bond donors (Lipinski definition) is 0. The van der Waals surface area contributed by atoms with Gasteiger partial charge in [-0.3, -0.25) is 4.90 Å². The van der Waals surface area contributed by atoms with Gasteiger partial charge in [0.15, 0.2) is 0 Å². The number of nitrogens with one attached hydrogen (secondary N) is 1. The second kappa shape index (κ2) is 16.8. The standard InChI is InChI=1S/C32H43N2O2.Rb/c1-24(2)34(25(3)4)21-18-30(28-9-7-6-8-10-28)31-23-27(13-16-32(31)35-5)19-22-36-29-14-11-26(12-15-29)17-20-33;/h6-16,23-25,30,33H,17-22H2,1-5H3;/q-1;+1/t30-;/m1./s1. The minimum Gasteiger partial charge on any atom is -0.677 e. The summed E-state index contributed by atoms with van der Waals surface area (Å²) in [6, 6.07) is 26.5. The first-order valence-corrected chi connectivity index (χ1v) is 13.3. The fourth-order valence-electron chi connectivity index (χ4n) is 4.97. The Labute approximate surface area is 273 Å². The van der Waals surface area contributed by atoms with Crippen LogP contribution in [0.5, 0.6) is 11.5 Å². The molecule has 1 atom stereocenters. The maximum absolute atomic E-state index is 7.37. The minimum absolute atomic E-state index is 0. The Balaban J connectivity index is 0.00000481. The Kier molecular flexibility index (Phi) is 14.7. The van der Waals surface area contributed by atoms with Crippen molar-refractivity contribution in [1.82, 2.24) is 4.90 Å². The van der Waals surface area contributed by atoms with E-state index < -0.39 is 0 Å². The second-order valence-corrected chi connectivity index (χ2v) is 10.00. The van der Waals surface area contributed by atoms with E-state index in [1.807, 2.05) is 12.1 Å². The first kappa shape index (κ1) is 32.2. The van der Waals surface area contributed by atoms with Crippen molar-refractivity contribution in [3.05, 3.63) is 101 Å². The normalized spacial score (nSPS) is 12.0. The summed E-state index contributed by atoms with van der Waals surface area (Å²) in [5.74, 6) is 2.08. The molecule has 37 heavy (non-hydrogen) atoms. The fourth-order valence-corrected chi connectivity index (χ4v) is 4.97. The number of methoxy groups -OCH3 is 1. The van der Waals surface area contributed by atoms with Gasteiger partial charge in [-0.2, -0.15) is 0 Å². The Morgan fingerprint density at radius 3 is 2.05 bits per heavy atom. The monoisotopic (exact) mass is 572 g/mol. The first-order valence-electron chi connectivity index (χ1n) is 13.3. The zero-order valence-electron chi connectivity index (χ0n) is 23.7. The van der Waals surface area contributed by atoms with Crippen molar-refractivity contribution < 1.29 is 67.7 Å². The van der Waals surface area contributed by atoms with Gasteiger partial charge in [0.25, 0.3) is 0 Å². The van der Waals surface area contributed by atoms with Crippen LogP contribution in [0.15, 0.2) is 72.8 Å². The number of nitrogens with zero attached hydrogens (tertiary/aromatic N) is 1. The smallest absolute Gasteiger partial charge is 0.677 e. The number of ether oxygens (including phenoxy) is 2. The first-order chi connectivity index (χ1) is 17.4. The van der Waals surface area contributed by atoms with Gasteiger partial charge in [-0.15, -0.1) is 6.54 Å². The summed E-state index contributed by atoms with van der Waals surface area (Å²) in [6.45, 7) is 11.2. The van der Waals surface area contributed by atoms with E-state index in [0.717, 1.165) is 37.3 Å². The van der Waals surface area contributed by atoms with E-state index in [1.54, 1.807) is 7.11 Å². The van der Waals surface area contributed by atoms with E-state index in [2.05, 4.69) is 93.3 Å². The molecular formula is C32H43N2O2Rb. The van der Waals surface area contributed by atoms with E-state index in [4.69, 9.17) is 15.2 Å². The predicted octanol–water partition coefficient (Wildman–Crippen LogP) is 4.56. The molecule has 0 aliphatic carbocycles. The Bertz CT molecular complexity index is 1030. The average Bonchev–Trinajstić information content (AvgIpc) is 2.88. The molecule has 3 rings (SSSR count). The van der Waals surface area contributed by atoms with Crippen molar-refractivity contribution in [3.8, 4) is 11.5 Å². The van der Waals surface area contributed by atoms with Gasteiger partial charge in [0.2, 0.25) is 0 Å². The van der Waals surface area contributed by atoms with Crippen molar-refractivity contribution in [2.75, 3.05) is 26.8 Å². The molecule has 0 saturated carbocycles. The molecular weight excluding hydrogens is 530 g/mol. The molecule has 0 bridgehead atoms. The molecule has 0 aliphatic heterocycles. The zero-order chi connectivity index (χ0) is 25.9. The molecule has 0 unspecified atom stereocenters. The maximum Gasteiger partial charge on any atom is 1.00 e. The number of benzene rings is 3. The summed E-state index contributed by atoms with van der Waals surface area (Å²) in [5, 5.41) is 0. The van der Waals surface area contributed by atoms with Gasteiger partial charge in [-0.25, -0.2) is 0 Å². The summed E-state index contributed by atoms with van der Waals surface area (Å²) in [4.78, 5) is 2.56. The van der Waals surface area contributed by atoms with Gasteiger partial charge >= 0.3 is 58.2 Å². The van der Waals surface area contributed by atoms with Crippen LogP contribution < -0.4 is 67.7 Å². The quantitative estimate of drug-likeness (QED) is 0.285. The molecule has 0 radical (unpaired) electrons.